The van der Waals surface area contributed by atoms with Gasteiger partial charge in [-0.3, -0.25) is 4.79 Å². The van der Waals surface area contributed by atoms with E-state index in [9.17, 15) is 18.0 Å². The summed E-state index contributed by atoms with van der Waals surface area (Å²) in [6, 6.07) is 8.94. The molecule has 0 atom stereocenters. The fraction of sp³-hybridized carbons (Fsp3) is 0.333. The second-order valence-electron chi connectivity index (χ2n) is 5.58. The van der Waals surface area contributed by atoms with Crippen molar-refractivity contribution in [2.75, 3.05) is 27.3 Å². The van der Waals surface area contributed by atoms with Gasteiger partial charge in [-0.05, 0) is 43.3 Å². The Kier molecular flexibility index (Phi) is 6.07. The number of benzene rings is 1. The molecule has 0 radical (unpaired) electrons. The van der Waals surface area contributed by atoms with Crippen LogP contribution in [0.1, 0.15) is 21.7 Å². The van der Waals surface area contributed by atoms with E-state index in [1.54, 1.807) is 38.4 Å². The zero-order valence-electron chi connectivity index (χ0n) is 14.6. The van der Waals surface area contributed by atoms with Crippen LogP contribution in [0, 0.1) is 6.92 Å². The molecule has 0 saturated carbocycles. The van der Waals surface area contributed by atoms with Crippen molar-refractivity contribution >= 4 is 5.91 Å². The number of methoxy groups -OCH3 is 1. The topological polar surface area (TPSA) is 51.7 Å². The van der Waals surface area contributed by atoms with Gasteiger partial charge in [0, 0.05) is 7.05 Å². The van der Waals surface area contributed by atoms with Crippen LogP contribution >= 0.6 is 0 Å². The van der Waals surface area contributed by atoms with Gasteiger partial charge in [0.2, 0.25) is 0 Å². The van der Waals surface area contributed by atoms with Crippen LogP contribution in [0.5, 0.6) is 11.5 Å². The largest absolute Gasteiger partial charge is 0.497 e. The maximum Gasteiger partial charge on any atom is 0.433 e. The summed E-state index contributed by atoms with van der Waals surface area (Å²) in [6.45, 7) is 1.89. The Morgan fingerprint density at radius 1 is 1.12 bits per heavy atom. The first-order valence-electron chi connectivity index (χ1n) is 7.79. The Balaban J connectivity index is 1.94. The molecule has 0 fully saturated rings. The third kappa shape index (κ3) is 4.87. The molecule has 0 N–H and O–H groups in total. The number of nitrogens with zero attached hydrogens (tertiary/aromatic N) is 2. The van der Waals surface area contributed by atoms with E-state index in [0.717, 1.165) is 12.1 Å². The SMILES string of the molecule is COc1ccc(OCCN(C)C(=O)c2ccc(C(F)(F)F)nc2C)cc1. The average molecular weight is 368 g/mol. The van der Waals surface area contributed by atoms with E-state index in [1.165, 1.54) is 11.8 Å². The summed E-state index contributed by atoms with van der Waals surface area (Å²) in [7, 11) is 3.12. The molecule has 1 aromatic heterocycles. The summed E-state index contributed by atoms with van der Waals surface area (Å²) in [5.74, 6) is 0.913. The monoisotopic (exact) mass is 368 g/mol. The number of aromatic nitrogens is 1. The van der Waals surface area contributed by atoms with Gasteiger partial charge in [-0.1, -0.05) is 0 Å². The van der Waals surface area contributed by atoms with Gasteiger partial charge in [0.15, 0.2) is 0 Å². The van der Waals surface area contributed by atoms with Crippen LogP contribution in [-0.2, 0) is 6.18 Å². The molecule has 140 valence electrons. The van der Waals surface area contributed by atoms with Crippen LogP contribution in [0.4, 0.5) is 13.2 Å². The molecule has 0 unspecified atom stereocenters. The third-order valence-corrected chi connectivity index (χ3v) is 3.71. The molecule has 2 rings (SSSR count). The van der Waals surface area contributed by atoms with E-state index in [4.69, 9.17) is 9.47 Å². The van der Waals surface area contributed by atoms with Crippen LogP contribution in [0.25, 0.3) is 0 Å². The van der Waals surface area contributed by atoms with Crippen LogP contribution < -0.4 is 9.47 Å². The molecule has 2 aromatic rings. The molecule has 1 heterocycles. The lowest BCUT2D eigenvalue weighted by Gasteiger charge is -2.19. The minimum Gasteiger partial charge on any atom is -0.497 e. The summed E-state index contributed by atoms with van der Waals surface area (Å²) in [5.41, 5.74) is -0.852. The minimum atomic E-state index is -4.54. The molecule has 26 heavy (non-hydrogen) atoms. The molecular weight excluding hydrogens is 349 g/mol. The highest BCUT2D eigenvalue weighted by Gasteiger charge is 2.33. The maximum absolute atomic E-state index is 12.7. The van der Waals surface area contributed by atoms with Gasteiger partial charge < -0.3 is 14.4 Å². The highest BCUT2D eigenvalue weighted by Crippen LogP contribution is 2.28. The number of halogens is 3. The Morgan fingerprint density at radius 3 is 2.27 bits per heavy atom. The lowest BCUT2D eigenvalue weighted by Crippen LogP contribution is -2.31. The predicted octanol–water partition coefficient (Wildman–Crippen LogP) is 3.57. The van der Waals surface area contributed by atoms with Gasteiger partial charge in [-0.15, -0.1) is 0 Å². The summed E-state index contributed by atoms with van der Waals surface area (Å²) >= 11 is 0. The molecule has 1 amide bonds. The molecule has 8 heteroatoms. The van der Waals surface area contributed by atoms with Crippen molar-refractivity contribution in [2.24, 2.45) is 0 Å². The predicted molar refractivity (Wildman–Crippen MR) is 89.4 cm³/mol. The first-order chi connectivity index (χ1) is 12.2. The number of hydrogen-bond donors (Lipinski definition) is 0. The van der Waals surface area contributed by atoms with Gasteiger partial charge in [0.1, 0.15) is 23.8 Å². The number of pyridine rings is 1. The van der Waals surface area contributed by atoms with Crippen molar-refractivity contribution in [3.63, 3.8) is 0 Å². The quantitative estimate of drug-likeness (QED) is 0.782. The van der Waals surface area contributed by atoms with E-state index in [0.29, 0.717) is 11.5 Å². The Hall–Kier alpha value is -2.77. The lowest BCUT2D eigenvalue weighted by molar-refractivity contribution is -0.141. The van der Waals surface area contributed by atoms with E-state index in [1.807, 2.05) is 0 Å². The van der Waals surface area contributed by atoms with Crippen molar-refractivity contribution in [1.29, 1.82) is 0 Å². The normalized spacial score (nSPS) is 11.2. The zero-order valence-corrected chi connectivity index (χ0v) is 14.6. The lowest BCUT2D eigenvalue weighted by atomic mass is 10.1. The first kappa shape index (κ1) is 19.6. The summed E-state index contributed by atoms with van der Waals surface area (Å²) in [4.78, 5) is 17.2. The van der Waals surface area contributed by atoms with Gasteiger partial charge in [0.05, 0.1) is 24.9 Å². The van der Waals surface area contributed by atoms with E-state index >= 15 is 0 Å². The van der Waals surface area contributed by atoms with Crippen molar-refractivity contribution in [3.05, 3.63) is 53.3 Å². The van der Waals surface area contributed by atoms with E-state index in [-0.39, 0.29) is 24.4 Å². The summed E-state index contributed by atoms with van der Waals surface area (Å²) in [5, 5.41) is 0. The standard InChI is InChI=1S/C18H19F3N2O3/c1-12-15(8-9-16(22-12)18(19,20)21)17(24)23(2)10-11-26-14-6-4-13(25-3)5-7-14/h4-9H,10-11H2,1-3H3. The molecule has 0 bridgehead atoms. The highest BCUT2D eigenvalue weighted by atomic mass is 19.4. The van der Waals surface area contributed by atoms with Crippen LogP contribution in [0.3, 0.4) is 0 Å². The summed E-state index contributed by atoms with van der Waals surface area (Å²) < 4.78 is 48.5. The third-order valence-electron chi connectivity index (χ3n) is 3.71. The molecule has 0 saturated heterocycles. The van der Waals surface area contributed by atoms with Crippen LogP contribution in [0.15, 0.2) is 36.4 Å². The Labute approximate surface area is 149 Å². The number of amides is 1. The number of aryl methyl sites for hydroxylation is 1. The number of rotatable bonds is 6. The second-order valence-corrected chi connectivity index (χ2v) is 5.58. The van der Waals surface area contributed by atoms with Gasteiger partial charge in [0.25, 0.3) is 5.91 Å². The smallest absolute Gasteiger partial charge is 0.433 e. The maximum atomic E-state index is 12.7. The fourth-order valence-corrected chi connectivity index (χ4v) is 2.22. The van der Waals surface area contributed by atoms with Gasteiger partial charge >= 0.3 is 6.18 Å². The number of ether oxygens (including phenoxy) is 2. The van der Waals surface area contributed by atoms with Crippen LogP contribution in [0.2, 0.25) is 0 Å². The van der Waals surface area contributed by atoms with Crippen molar-refractivity contribution < 1.29 is 27.4 Å². The van der Waals surface area contributed by atoms with Crippen molar-refractivity contribution in [3.8, 4) is 11.5 Å². The molecule has 5 nitrogen and oxygen atoms in total. The summed E-state index contributed by atoms with van der Waals surface area (Å²) in [6.07, 6.45) is -4.54. The average Bonchev–Trinajstić information content (AvgIpc) is 2.60. The van der Waals surface area contributed by atoms with E-state index in [2.05, 4.69) is 4.98 Å². The number of hydrogen-bond acceptors (Lipinski definition) is 4. The molecular formula is C18H19F3N2O3. The van der Waals surface area contributed by atoms with E-state index < -0.39 is 17.8 Å². The van der Waals surface area contributed by atoms with Gasteiger partial charge in [-0.2, -0.15) is 13.2 Å². The number of carbonyl (C=O) groups excluding carboxylic acids is 1. The molecule has 1 aromatic carbocycles. The highest BCUT2D eigenvalue weighted by molar-refractivity contribution is 5.95. The number of alkyl halides is 3. The number of carbonyl (C=O) groups is 1. The number of likely N-dealkylation sites (N-methyl/N-ethyl adjacent to an activating group) is 1. The van der Waals surface area contributed by atoms with Crippen molar-refractivity contribution in [2.45, 2.75) is 13.1 Å². The first-order valence-corrected chi connectivity index (χ1v) is 7.79. The molecule has 0 aliphatic rings. The molecule has 0 spiro atoms. The van der Waals surface area contributed by atoms with Crippen molar-refractivity contribution in [1.82, 2.24) is 9.88 Å². The Morgan fingerprint density at radius 2 is 1.73 bits per heavy atom. The zero-order chi connectivity index (χ0) is 19.3. The molecule has 0 aliphatic carbocycles. The Bertz CT molecular complexity index is 761. The fourth-order valence-electron chi connectivity index (χ4n) is 2.22. The molecule has 0 aliphatic heterocycles. The minimum absolute atomic E-state index is 0.0350. The van der Waals surface area contributed by atoms with Crippen LogP contribution in [-0.4, -0.2) is 43.1 Å². The van der Waals surface area contributed by atoms with Gasteiger partial charge in [-0.25, -0.2) is 4.98 Å². The second kappa shape index (κ2) is 8.07.